The molecule has 6 nitrogen and oxygen atoms in total. The quantitative estimate of drug-likeness (QED) is 0.680. The van der Waals surface area contributed by atoms with Gasteiger partial charge in [0.1, 0.15) is 17.1 Å². The number of ether oxygens (including phenoxy) is 1. The topological polar surface area (TPSA) is 91.4 Å². The van der Waals surface area contributed by atoms with Gasteiger partial charge in [-0.05, 0) is 35.9 Å². The van der Waals surface area contributed by atoms with Gasteiger partial charge in [-0.1, -0.05) is 12.1 Å². The lowest BCUT2D eigenvalue weighted by atomic mass is 10.0. The Labute approximate surface area is 141 Å². The van der Waals surface area contributed by atoms with Gasteiger partial charge in [-0.3, -0.25) is 9.59 Å². The van der Waals surface area contributed by atoms with Crippen LogP contribution in [-0.2, 0) is 11.3 Å². The lowest BCUT2D eigenvalue weighted by Crippen LogP contribution is -2.23. The van der Waals surface area contributed by atoms with E-state index in [0.717, 1.165) is 0 Å². The number of hydrogen-bond acceptors (Lipinski definition) is 4. The summed E-state index contributed by atoms with van der Waals surface area (Å²) in [7, 11) is 1.50. The molecule has 3 aromatic rings. The number of carbonyl (C=O) groups is 1. The fourth-order valence-electron chi connectivity index (χ4n) is 2.61. The third-order valence-corrected chi connectivity index (χ3v) is 3.73. The lowest BCUT2D eigenvalue weighted by Gasteiger charge is -2.11. The molecule has 0 unspecified atom stereocenters. The Morgan fingerprint density at radius 2 is 1.96 bits per heavy atom. The van der Waals surface area contributed by atoms with E-state index >= 15 is 0 Å². The molecule has 1 heterocycles. The van der Waals surface area contributed by atoms with Crippen molar-refractivity contribution < 1.29 is 19.0 Å². The van der Waals surface area contributed by atoms with Crippen molar-refractivity contribution >= 4 is 22.5 Å². The molecule has 0 saturated heterocycles. The van der Waals surface area contributed by atoms with Crippen molar-refractivity contribution in [3.63, 3.8) is 0 Å². The second-order valence-corrected chi connectivity index (χ2v) is 5.41. The second kappa shape index (κ2) is 6.74. The van der Waals surface area contributed by atoms with Crippen molar-refractivity contribution in [2.75, 3.05) is 12.4 Å². The molecular formula is C18H15FN2O4. The van der Waals surface area contributed by atoms with E-state index in [2.05, 4.69) is 10.3 Å². The summed E-state index contributed by atoms with van der Waals surface area (Å²) in [6.07, 6.45) is 0. The Morgan fingerprint density at radius 1 is 1.24 bits per heavy atom. The zero-order chi connectivity index (χ0) is 18.0. The Kier molecular flexibility index (Phi) is 4.49. The maximum absolute atomic E-state index is 12.9. The fraction of sp³-hybridized carbons (Fsp3) is 0.111. The molecule has 1 aromatic heterocycles. The van der Waals surface area contributed by atoms with Gasteiger partial charge < -0.3 is 20.1 Å². The van der Waals surface area contributed by atoms with E-state index in [4.69, 9.17) is 4.74 Å². The van der Waals surface area contributed by atoms with E-state index < -0.39 is 28.6 Å². The van der Waals surface area contributed by atoms with E-state index in [9.17, 15) is 19.1 Å². The van der Waals surface area contributed by atoms with Crippen LogP contribution in [0.2, 0.25) is 0 Å². The summed E-state index contributed by atoms with van der Waals surface area (Å²) in [6, 6.07) is 10.1. The Hall–Kier alpha value is -3.19. The van der Waals surface area contributed by atoms with Crippen LogP contribution < -0.4 is 10.9 Å². The smallest absolute Gasteiger partial charge is 0.265 e. The molecule has 7 heteroatoms. The van der Waals surface area contributed by atoms with Crippen molar-refractivity contribution in [1.29, 1.82) is 0 Å². The minimum Gasteiger partial charge on any atom is -0.506 e. The van der Waals surface area contributed by atoms with Crippen molar-refractivity contribution in [3.8, 4) is 5.75 Å². The standard InChI is InChI=1S/C18H15FN2O4/c1-25-9-10-3-2-4-13-14(10)16(22)15(18(24)21-13)17(23)20-12-7-5-11(19)6-8-12/h2-8H,9H2,1H3,(H,20,23)(H2,21,22,24). The van der Waals surface area contributed by atoms with Crippen molar-refractivity contribution in [2.24, 2.45) is 0 Å². The number of methoxy groups -OCH3 is 1. The zero-order valence-corrected chi connectivity index (χ0v) is 13.3. The highest BCUT2D eigenvalue weighted by atomic mass is 19.1. The number of benzene rings is 2. The molecule has 0 aliphatic heterocycles. The van der Waals surface area contributed by atoms with E-state index in [-0.39, 0.29) is 6.61 Å². The average molecular weight is 342 g/mol. The Balaban J connectivity index is 2.09. The molecule has 25 heavy (non-hydrogen) atoms. The lowest BCUT2D eigenvalue weighted by molar-refractivity contribution is 0.102. The SMILES string of the molecule is COCc1cccc2[nH]c(=O)c(C(=O)Nc3ccc(F)cc3)c(O)c12. The van der Waals surface area contributed by atoms with Crippen LogP contribution >= 0.6 is 0 Å². The maximum atomic E-state index is 12.9. The summed E-state index contributed by atoms with van der Waals surface area (Å²) in [4.78, 5) is 27.3. The highest BCUT2D eigenvalue weighted by Crippen LogP contribution is 2.29. The summed E-state index contributed by atoms with van der Waals surface area (Å²) in [5.41, 5.74) is 0.190. The summed E-state index contributed by atoms with van der Waals surface area (Å²) in [6.45, 7) is 0.204. The summed E-state index contributed by atoms with van der Waals surface area (Å²) < 4.78 is 18.0. The van der Waals surface area contributed by atoms with Gasteiger partial charge in [0, 0.05) is 18.2 Å². The number of aromatic amines is 1. The van der Waals surface area contributed by atoms with Gasteiger partial charge in [-0.15, -0.1) is 0 Å². The second-order valence-electron chi connectivity index (χ2n) is 5.41. The normalized spacial score (nSPS) is 10.8. The number of pyridine rings is 1. The summed E-state index contributed by atoms with van der Waals surface area (Å²) in [5, 5.41) is 13.3. The first-order chi connectivity index (χ1) is 12.0. The third kappa shape index (κ3) is 3.22. The van der Waals surface area contributed by atoms with Crippen LogP contribution in [-0.4, -0.2) is 23.1 Å². The van der Waals surface area contributed by atoms with Crippen LogP contribution in [0.25, 0.3) is 10.9 Å². The first-order valence-corrected chi connectivity index (χ1v) is 7.44. The van der Waals surface area contributed by atoms with Gasteiger partial charge in [-0.25, -0.2) is 4.39 Å². The van der Waals surface area contributed by atoms with Crippen LogP contribution in [0, 0.1) is 5.82 Å². The maximum Gasteiger partial charge on any atom is 0.265 e. The number of anilines is 1. The first-order valence-electron chi connectivity index (χ1n) is 7.44. The number of aromatic nitrogens is 1. The van der Waals surface area contributed by atoms with Crippen LogP contribution in [0.4, 0.5) is 10.1 Å². The number of nitrogens with one attached hydrogen (secondary N) is 2. The van der Waals surface area contributed by atoms with Gasteiger partial charge >= 0.3 is 0 Å². The fourth-order valence-corrected chi connectivity index (χ4v) is 2.61. The largest absolute Gasteiger partial charge is 0.506 e. The molecule has 3 rings (SSSR count). The molecular weight excluding hydrogens is 327 g/mol. The number of hydrogen-bond donors (Lipinski definition) is 3. The Bertz CT molecular complexity index is 996. The molecule has 128 valence electrons. The number of carbonyl (C=O) groups excluding carboxylic acids is 1. The minimum atomic E-state index is -0.792. The molecule has 0 aliphatic rings. The number of fused-ring (bicyclic) bond motifs is 1. The van der Waals surface area contributed by atoms with Gasteiger partial charge in [0.05, 0.1) is 12.1 Å². The van der Waals surface area contributed by atoms with E-state index in [1.165, 1.54) is 31.4 Å². The van der Waals surface area contributed by atoms with Crippen LogP contribution in [0.15, 0.2) is 47.3 Å². The monoisotopic (exact) mass is 342 g/mol. The zero-order valence-electron chi connectivity index (χ0n) is 13.3. The number of H-pyrrole nitrogens is 1. The number of amides is 1. The third-order valence-electron chi connectivity index (χ3n) is 3.73. The summed E-state index contributed by atoms with van der Waals surface area (Å²) >= 11 is 0. The van der Waals surface area contributed by atoms with Crippen LogP contribution in [0.5, 0.6) is 5.75 Å². The van der Waals surface area contributed by atoms with Crippen molar-refractivity contribution in [2.45, 2.75) is 6.61 Å². The minimum absolute atomic E-state index is 0.204. The van der Waals surface area contributed by atoms with E-state index in [1.54, 1.807) is 18.2 Å². The number of halogens is 1. The van der Waals surface area contributed by atoms with Gasteiger partial charge in [0.15, 0.2) is 0 Å². The van der Waals surface area contributed by atoms with Gasteiger partial charge in [-0.2, -0.15) is 0 Å². The Morgan fingerprint density at radius 3 is 2.64 bits per heavy atom. The molecule has 0 aliphatic carbocycles. The van der Waals surface area contributed by atoms with Crippen LogP contribution in [0.1, 0.15) is 15.9 Å². The molecule has 3 N–H and O–H groups in total. The first kappa shape index (κ1) is 16.7. The summed E-state index contributed by atoms with van der Waals surface area (Å²) in [5.74, 6) is -1.67. The van der Waals surface area contributed by atoms with Crippen molar-refractivity contribution in [1.82, 2.24) is 4.98 Å². The molecule has 0 bridgehead atoms. The molecule has 0 fully saturated rings. The molecule has 0 spiro atoms. The molecule has 0 saturated carbocycles. The molecule has 1 amide bonds. The molecule has 2 aromatic carbocycles. The van der Waals surface area contributed by atoms with Gasteiger partial charge in [0.2, 0.25) is 0 Å². The molecule has 0 atom stereocenters. The molecule has 0 radical (unpaired) electrons. The van der Waals surface area contributed by atoms with E-state index in [1.807, 2.05) is 0 Å². The van der Waals surface area contributed by atoms with Gasteiger partial charge in [0.25, 0.3) is 11.5 Å². The predicted octanol–water partition coefficient (Wildman–Crippen LogP) is 2.77. The van der Waals surface area contributed by atoms with Crippen LogP contribution in [0.3, 0.4) is 0 Å². The number of aromatic hydroxyl groups is 1. The number of rotatable bonds is 4. The predicted molar refractivity (Wildman–Crippen MR) is 91.3 cm³/mol. The average Bonchev–Trinajstić information content (AvgIpc) is 2.57. The van der Waals surface area contributed by atoms with E-state index in [0.29, 0.717) is 22.2 Å². The highest BCUT2D eigenvalue weighted by Gasteiger charge is 2.21. The highest BCUT2D eigenvalue weighted by molar-refractivity contribution is 6.09. The van der Waals surface area contributed by atoms with Crippen molar-refractivity contribution in [3.05, 3.63) is 69.8 Å².